The fourth-order valence-electron chi connectivity index (χ4n) is 1.66. The molecule has 19 heavy (non-hydrogen) atoms. The van der Waals surface area contributed by atoms with E-state index in [1.807, 2.05) is 39.2 Å². The van der Waals surface area contributed by atoms with Gasteiger partial charge in [0.2, 0.25) is 5.91 Å². The van der Waals surface area contributed by atoms with Gasteiger partial charge in [-0.2, -0.15) is 0 Å². The summed E-state index contributed by atoms with van der Waals surface area (Å²) in [6.45, 7) is 6.12. The third-order valence-corrected chi connectivity index (χ3v) is 2.83. The van der Waals surface area contributed by atoms with E-state index in [0.717, 1.165) is 24.3 Å². The van der Waals surface area contributed by atoms with E-state index in [1.54, 1.807) is 0 Å². The fourth-order valence-corrected chi connectivity index (χ4v) is 1.66. The minimum Gasteiger partial charge on any atom is -0.370 e. The zero-order valence-corrected chi connectivity index (χ0v) is 12.0. The average Bonchev–Trinajstić information content (AvgIpc) is 2.40. The van der Waals surface area contributed by atoms with E-state index in [9.17, 15) is 4.79 Å². The van der Waals surface area contributed by atoms with Crippen LogP contribution in [0.15, 0.2) is 18.3 Å². The van der Waals surface area contributed by atoms with E-state index < -0.39 is 0 Å². The Hall–Kier alpha value is -1.62. The molecule has 1 amide bonds. The second-order valence-corrected chi connectivity index (χ2v) is 4.75. The standard InChI is InChI=1S/C14H24N4O/c1-11-5-6-13(18-9-11)16-7-4-8-17-14(19)12(2)10-15-3/h5-6,9,12,15H,4,7-8,10H2,1-3H3,(H,16,18)(H,17,19). The summed E-state index contributed by atoms with van der Waals surface area (Å²) in [5, 5.41) is 9.14. The molecule has 5 nitrogen and oxygen atoms in total. The number of pyridine rings is 1. The number of aryl methyl sites for hydroxylation is 1. The van der Waals surface area contributed by atoms with Crippen LogP contribution in [0, 0.1) is 12.8 Å². The normalized spacial score (nSPS) is 11.9. The SMILES string of the molecule is CNCC(C)C(=O)NCCCNc1ccc(C)cn1. The van der Waals surface area contributed by atoms with Crippen LogP contribution in [0.1, 0.15) is 18.9 Å². The van der Waals surface area contributed by atoms with Gasteiger partial charge in [-0.3, -0.25) is 4.79 Å². The Balaban J connectivity index is 2.11. The van der Waals surface area contributed by atoms with Crippen molar-refractivity contribution < 1.29 is 4.79 Å². The van der Waals surface area contributed by atoms with Crippen molar-refractivity contribution in [1.82, 2.24) is 15.6 Å². The van der Waals surface area contributed by atoms with Crippen molar-refractivity contribution in [1.29, 1.82) is 0 Å². The molecule has 106 valence electrons. The van der Waals surface area contributed by atoms with Crippen molar-refractivity contribution in [3.63, 3.8) is 0 Å². The predicted octanol–water partition coefficient (Wildman–Crippen LogP) is 1.16. The molecule has 1 heterocycles. The molecule has 0 saturated carbocycles. The van der Waals surface area contributed by atoms with E-state index in [1.165, 1.54) is 0 Å². The van der Waals surface area contributed by atoms with Crippen LogP contribution in [0.2, 0.25) is 0 Å². The molecule has 0 fully saturated rings. The molecule has 1 atom stereocenters. The van der Waals surface area contributed by atoms with Gasteiger partial charge in [0.1, 0.15) is 5.82 Å². The Morgan fingerprint density at radius 1 is 1.37 bits per heavy atom. The van der Waals surface area contributed by atoms with Crippen LogP contribution in [0.4, 0.5) is 5.82 Å². The number of hydrogen-bond donors (Lipinski definition) is 3. The van der Waals surface area contributed by atoms with E-state index in [2.05, 4.69) is 20.9 Å². The molecular formula is C14H24N4O. The van der Waals surface area contributed by atoms with Gasteiger partial charge in [-0.1, -0.05) is 13.0 Å². The molecule has 0 radical (unpaired) electrons. The summed E-state index contributed by atoms with van der Waals surface area (Å²) in [5.74, 6) is 0.986. The molecule has 5 heteroatoms. The highest BCUT2D eigenvalue weighted by molar-refractivity contribution is 5.78. The molecule has 0 aliphatic rings. The van der Waals surface area contributed by atoms with Crippen molar-refractivity contribution in [3.05, 3.63) is 23.9 Å². The molecule has 3 N–H and O–H groups in total. The Morgan fingerprint density at radius 2 is 2.16 bits per heavy atom. The van der Waals surface area contributed by atoms with E-state index in [-0.39, 0.29) is 11.8 Å². The summed E-state index contributed by atoms with van der Waals surface area (Å²) in [4.78, 5) is 15.9. The molecule has 0 aliphatic heterocycles. The first-order chi connectivity index (χ1) is 9.13. The maximum Gasteiger partial charge on any atom is 0.224 e. The van der Waals surface area contributed by atoms with E-state index in [4.69, 9.17) is 0 Å². The molecule has 1 rings (SSSR count). The lowest BCUT2D eigenvalue weighted by molar-refractivity contribution is -0.124. The number of anilines is 1. The fraction of sp³-hybridized carbons (Fsp3) is 0.571. The van der Waals surface area contributed by atoms with Crippen molar-refractivity contribution in [2.24, 2.45) is 5.92 Å². The van der Waals surface area contributed by atoms with Crippen LogP contribution < -0.4 is 16.0 Å². The monoisotopic (exact) mass is 264 g/mol. The van der Waals surface area contributed by atoms with Gasteiger partial charge in [-0.05, 0) is 32.0 Å². The lowest BCUT2D eigenvalue weighted by Gasteiger charge is -2.11. The summed E-state index contributed by atoms with van der Waals surface area (Å²) < 4.78 is 0. The topological polar surface area (TPSA) is 66.1 Å². The maximum absolute atomic E-state index is 11.6. The summed E-state index contributed by atoms with van der Waals surface area (Å²) in [6, 6.07) is 3.99. The lowest BCUT2D eigenvalue weighted by Crippen LogP contribution is -2.35. The smallest absolute Gasteiger partial charge is 0.224 e. The van der Waals surface area contributed by atoms with Gasteiger partial charge < -0.3 is 16.0 Å². The average molecular weight is 264 g/mol. The maximum atomic E-state index is 11.6. The third kappa shape index (κ3) is 6.20. The molecule has 1 aromatic heterocycles. The van der Waals surface area contributed by atoms with Crippen LogP contribution in [0.5, 0.6) is 0 Å². The van der Waals surface area contributed by atoms with Crippen molar-refractivity contribution in [2.75, 3.05) is 32.0 Å². The van der Waals surface area contributed by atoms with Gasteiger partial charge in [-0.25, -0.2) is 4.98 Å². The zero-order chi connectivity index (χ0) is 14.1. The summed E-state index contributed by atoms with van der Waals surface area (Å²) in [7, 11) is 1.85. The molecule has 0 bridgehead atoms. The van der Waals surface area contributed by atoms with Crippen LogP contribution in [-0.2, 0) is 4.79 Å². The third-order valence-electron chi connectivity index (χ3n) is 2.83. The van der Waals surface area contributed by atoms with E-state index >= 15 is 0 Å². The lowest BCUT2D eigenvalue weighted by atomic mass is 10.1. The minimum atomic E-state index is 0.0109. The first-order valence-electron chi connectivity index (χ1n) is 6.72. The number of amides is 1. The number of rotatable bonds is 8. The van der Waals surface area contributed by atoms with Crippen LogP contribution in [0.25, 0.3) is 0 Å². The highest BCUT2D eigenvalue weighted by Crippen LogP contribution is 2.03. The van der Waals surface area contributed by atoms with Gasteiger partial charge in [0.05, 0.1) is 0 Å². The summed E-state index contributed by atoms with van der Waals surface area (Å²) in [6.07, 6.45) is 2.72. The predicted molar refractivity (Wildman–Crippen MR) is 78.2 cm³/mol. The van der Waals surface area contributed by atoms with Crippen LogP contribution in [0.3, 0.4) is 0 Å². The van der Waals surface area contributed by atoms with Crippen molar-refractivity contribution in [2.45, 2.75) is 20.3 Å². The Bertz CT molecular complexity index is 378. The molecule has 0 aliphatic carbocycles. The molecule has 1 unspecified atom stereocenters. The number of carbonyl (C=O) groups excluding carboxylic acids is 1. The van der Waals surface area contributed by atoms with Crippen LogP contribution in [-0.4, -0.2) is 37.6 Å². The minimum absolute atomic E-state index is 0.0109. The van der Waals surface area contributed by atoms with Gasteiger partial charge in [0.25, 0.3) is 0 Å². The first kappa shape index (κ1) is 15.4. The van der Waals surface area contributed by atoms with Crippen LogP contribution >= 0.6 is 0 Å². The molecule has 0 aromatic carbocycles. The van der Waals surface area contributed by atoms with E-state index in [0.29, 0.717) is 13.1 Å². The Kier molecular flexibility index (Phi) is 6.89. The Labute approximate surface area is 115 Å². The van der Waals surface area contributed by atoms with Crippen molar-refractivity contribution in [3.8, 4) is 0 Å². The number of nitrogens with zero attached hydrogens (tertiary/aromatic N) is 1. The molecule has 0 saturated heterocycles. The Morgan fingerprint density at radius 3 is 2.79 bits per heavy atom. The van der Waals surface area contributed by atoms with Crippen molar-refractivity contribution >= 4 is 11.7 Å². The number of carbonyl (C=O) groups is 1. The number of nitrogens with one attached hydrogen (secondary N) is 3. The molecule has 0 spiro atoms. The highest BCUT2D eigenvalue weighted by atomic mass is 16.1. The summed E-state index contributed by atoms with van der Waals surface area (Å²) in [5.41, 5.74) is 1.15. The first-order valence-corrected chi connectivity index (χ1v) is 6.72. The second kappa shape index (κ2) is 8.48. The van der Waals surface area contributed by atoms with Gasteiger partial charge >= 0.3 is 0 Å². The summed E-state index contributed by atoms with van der Waals surface area (Å²) >= 11 is 0. The quantitative estimate of drug-likeness (QED) is 0.617. The zero-order valence-electron chi connectivity index (χ0n) is 12.0. The molecule has 1 aromatic rings. The highest BCUT2D eigenvalue weighted by Gasteiger charge is 2.10. The van der Waals surface area contributed by atoms with Gasteiger partial charge in [0, 0.05) is 31.7 Å². The molecular weight excluding hydrogens is 240 g/mol. The number of hydrogen-bond acceptors (Lipinski definition) is 4. The van der Waals surface area contributed by atoms with Gasteiger partial charge in [-0.15, -0.1) is 0 Å². The number of aromatic nitrogens is 1. The largest absolute Gasteiger partial charge is 0.370 e. The van der Waals surface area contributed by atoms with Gasteiger partial charge in [0.15, 0.2) is 0 Å². The second-order valence-electron chi connectivity index (χ2n) is 4.75.